The van der Waals surface area contributed by atoms with Gasteiger partial charge in [-0.1, -0.05) is 19.4 Å². The van der Waals surface area contributed by atoms with Gasteiger partial charge in [0.05, 0.1) is 0 Å². The Kier molecular flexibility index (Phi) is 6.77. The number of carbonyl (C=O) groups is 1. The van der Waals surface area contributed by atoms with Crippen LogP contribution in [0.15, 0.2) is 11.6 Å². The van der Waals surface area contributed by atoms with Crippen molar-refractivity contribution >= 4 is 14.0 Å². The summed E-state index contributed by atoms with van der Waals surface area (Å²) in [5, 5.41) is 0. The summed E-state index contributed by atoms with van der Waals surface area (Å²) in [6.45, 7) is 3.61. The third-order valence-electron chi connectivity index (χ3n) is 1.61. The van der Waals surface area contributed by atoms with E-state index in [9.17, 15) is 9.36 Å². The molecule has 0 saturated heterocycles. The van der Waals surface area contributed by atoms with Crippen LogP contribution in [0.4, 0.5) is 0 Å². The molecule has 0 aromatic heterocycles. The second-order valence-electron chi connectivity index (χ2n) is 2.53. The van der Waals surface area contributed by atoms with Crippen molar-refractivity contribution in [3.05, 3.63) is 11.6 Å². The van der Waals surface area contributed by atoms with Crippen LogP contribution >= 0.6 is 8.25 Å². The first-order valence-electron chi connectivity index (χ1n) is 4.18. The van der Waals surface area contributed by atoms with Crippen LogP contribution in [0.25, 0.3) is 0 Å². The molecule has 0 bridgehead atoms. The highest BCUT2D eigenvalue weighted by molar-refractivity contribution is 7.32. The summed E-state index contributed by atoms with van der Waals surface area (Å²) in [6, 6.07) is 0. The Balaban J connectivity index is 3.97. The number of hydrogen-bond donors (Lipinski definition) is 1. The van der Waals surface area contributed by atoms with E-state index in [1.165, 1.54) is 6.08 Å². The highest BCUT2D eigenvalue weighted by Crippen LogP contribution is 2.14. The fourth-order valence-corrected chi connectivity index (χ4v) is 1.12. The summed E-state index contributed by atoms with van der Waals surface area (Å²) < 4.78 is 14.4. The lowest BCUT2D eigenvalue weighted by atomic mass is 10.1. The Hall–Kier alpha value is -0.440. The minimum absolute atomic E-state index is 0.258. The lowest BCUT2D eigenvalue weighted by Gasteiger charge is -1.99. The van der Waals surface area contributed by atoms with Crippen molar-refractivity contribution in [2.75, 3.05) is 6.61 Å². The van der Waals surface area contributed by atoms with E-state index in [4.69, 9.17) is 4.89 Å². The summed E-state index contributed by atoms with van der Waals surface area (Å²) in [5.74, 6) is -0.258. The third-order valence-corrected chi connectivity index (χ3v) is 2.00. The van der Waals surface area contributed by atoms with Gasteiger partial charge in [0.1, 0.15) is 6.61 Å². The Morgan fingerprint density at radius 1 is 1.46 bits per heavy atom. The minimum atomic E-state index is -2.98. The van der Waals surface area contributed by atoms with Gasteiger partial charge in [-0.05, 0) is 18.9 Å². The van der Waals surface area contributed by atoms with Gasteiger partial charge in [-0.3, -0.25) is 9.36 Å². The second kappa shape index (κ2) is 7.01. The van der Waals surface area contributed by atoms with Crippen LogP contribution in [-0.2, 0) is 13.9 Å². The molecule has 0 heterocycles. The zero-order valence-corrected chi connectivity index (χ0v) is 8.87. The van der Waals surface area contributed by atoms with Gasteiger partial charge in [0.15, 0.2) is 5.78 Å². The first-order chi connectivity index (χ1) is 6.10. The molecule has 0 aromatic rings. The van der Waals surface area contributed by atoms with Crippen molar-refractivity contribution in [1.82, 2.24) is 0 Å². The molecule has 0 aromatic carbocycles. The third kappa shape index (κ3) is 6.70. The predicted octanol–water partition coefficient (Wildman–Crippen LogP) is 1.70. The zero-order valence-electron chi connectivity index (χ0n) is 7.87. The van der Waals surface area contributed by atoms with Gasteiger partial charge in [0.25, 0.3) is 0 Å². The van der Waals surface area contributed by atoms with E-state index < -0.39 is 8.25 Å². The fraction of sp³-hybridized carbons (Fsp3) is 0.625. The monoisotopic (exact) mass is 206 g/mol. The number of allylic oxidation sites excluding steroid dienone is 1. The molecule has 0 rings (SSSR count). The molecule has 0 aliphatic rings. The first-order valence-corrected chi connectivity index (χ1v) is 5.44. The van der Waals surface area contributed by atoms with Crippen LogP contribution < -0.4 is 0 Å². The Morgan fingerprint density at radius 3 is 2.38 bits per heavy atom. The molecule has 0 aliphatic heterocycles. The molecule has 0 radical (unpaired) electrons. The van der Waals surface area contributed by atoms with Crippen LogP contribution in [0, 0.1) is 0 Å². The van der Waals surface area contributed by atoms with Gasteiger partial charge in [0.2, 0.25) is 0 Å². The summed E-state index contributed by atoms with van der Waals surface area (Å²) in [7, 11) is -2.98. The molecule has 5 heteroatoms. The van der Waals surface area contributed by atoms with Gasteiger partial charge >= 0.3 is 8.25 Å². The summed E-state index contributed by atoms with van der Waals surface area (Å²) in [5.41, 5.74) is 1.02. The van der Waals surface area contributed by atoms with Crippen molar-refractivity contribution < 1.29 is 18.8 Å². The van der Waals surface area contributed by atoms with E-state index in [2.05, 4.69) is 4.52 Å². The molecule has 4 nitrogen and oxygen atoms in total. The standard InChI is InChI=1S/C8H15O4P/c1-3-7(4-2)5-8(9)6-12-13(10)11/h5,13H,3-4,6H2,1-2H3,(H,10,11). The van der Waals surface area contributed by atoms with Crippen LogP contribution in [0.3, 0.4) is 0 Å². The topological polar surface area (TPSA) is 63.6 Å². The van der Waals surface area contributed by atoms with Gasteiger partial charge in [-0.2, -0.15) is 0 Å². The maximum absolute atomic E-state index is 11.0. The van der Waals surface area contributed by atoms with Crippen LogP contribution in [0.1, 0.15) is 26.7 Å². The van der Waals surface area contributed by atoms with Crippen molar-refractivity contribution in [3.8, 4) is 0 Å². The quantitative estimate of drug-likeness (QED) is 0.530. The van der Waals surface area contributed by atoms with Crippen molar-refractivity contribution in [3.63, 3.8) is 0 Å². The summed E-state index contributed by atoms with van der Waals surface area (Å²) in [6.07, 6.45) is 3.11. The van der Waals surface area contributed by atoms with Crippen molar-refractivity contribution in [2.24, 2.45) is 0 Å². The Morgan fingerprint density at radius 2 is 2.00 bits per heavy atom. The SMILES string of the molecule is CCC(=CC(=O)CO[PH](=O)O)CC. The van der Waals surface area contributed by atoms with E-state index in [0.717, 1.165) is 18.4 Å². The average Bonchev–Trinajstić information content (AvgIpc) is 2.10. The molecule has 76 valence electrons. The average molecular weight is 206 g/mol. The molecule has 0 fully saturated rings. The largest absolute Gasteiger partial charge is 0.326 e. The van der Waals surface area contributed by atoms with E-state index in [0.29, 0.717) is 0 Å². The van der Waals surface area contributed by atoms with Gasteiger partial charge in [0, 0.05) is 0 Å². The minimum Gasteiger partial charge on any atom is -0.326 e. The number of ketones is 1. The van der Waals surface area contributed by atoms with Crippen molar-refractivity contribution in [1.29, 1.82) is 0 Å². The zero-order chi connectivity index (χ0) is 10.3. The highest BCUT2D eigenvalue weighted by Gasteiger charge is 2.01. The Labute approximate surface area is 78.6 Å². The molecule has 0 amide bonds. The van der Waals surface area contributed by atoms with E-state index in [1.807, 2.05) is 13.8 Å². The molecular weight excluding hydrogens is 191 g/mol. The molecular formula is C8H15O4P. The first kappa shape index (κ1) is 12.6. The van der Waals surface area contributed by atoms with Crippen LogP contribution in [0.5, 0.6) is 0 Å². The molecule has 13 heavy (non-hydrogen) atoms. The molecule has 1 unspecified atom stereocenters. The number of rotatable bonds is 6. The molecule has 1 atom stereocenters. The lowest BCUT2D eigenvalue weighted by Crippen LogP contribution is -2.02. The Bertz CT molecular complexity index is 216. The van der Waals surface area contributed by atoms with Gasteiger partial charge in [-0.25, -0.2) is 0 Å². The predicted molar refractivity (Wildman–Crippen MR) is 50.8 cm³/mol. The fourth-order valence-electron chi connectivity index (χ4n) is 0.856. The molecule has 0 saturated carbocycles. The van der Waals surface area contributed by atoms with Gasteiger partial charge < -0.3 is 9.42 Å². The number of carbonyl (C=O) groups excluding carboxylic acids is 1. The lowest BCUT2D eigenvalue weighted by molar-refractivity contribution is -0.116. The second-order valence-corrected chi connectivity index (χ2v) is 3.35. The van der Waals surface area contributed by atoms with E-state index in [-0.39, 0.29) is 12.4 Å². The number of hydrogen-bond acceptors (Lipinski definition) is 3. The maximum Gasteiger partial charge on any atom is 0.317 e. The van der Waals surface area contributed by atoms with Crippen LogP contribution in [0.2, 0.25) is 0 Å². The van der Waals surface area contributed by atoms with Gasteiger partial charge in [-0.15, -0.1) is 0 Å². The van der Waals surface area contributed by atoms with E-state index >= 15 is 0 Å². The summed E-state index contributed by atoms with van der Waals surface area (Å²) in [4.78, 5) is 19.3. The molecule has 0 aliphatic carbocycles. The van der Waals surface area contributed by atoms with Crippen LogP contribution in [-0.4, -0.2) is 17.3 Å². The molecule has 1 N–H and O–H groups in total. The van der Waals surface area contributed by atoms with E-state index in [1.54, 1.807) is 0 Å². The smallest absolute Gasteiger partial charge is 0.317 e. The molecule has 0 spiro atoms. The normalized spacial score (nSPS) is 12.2. The maximum atomic E-state index is 11.0. The highest BCUT2D eigenvalue weighted by atomic mass is 31.1. The summed E-state index contributed by atoms with van der Waals surface area (Å²) >= 11 is 0. The van der Waals surface area contributed by atoms with Crippen molar-refractivity contribution in [2.45, 2.75) is 26.7 Å².